The van der Waals surface area contributed by atoms with E-state index in [-0.39, 0.29) is 18.1 Å². The first-order valence-corrected chi connectivity index (χ1v) is 9.18. The molecule has 1 aliphatic heterocycles. The van der Waals surface area contributed by atoms with Crippen LogP contribution in [0.15, 0.2) is 47.0 Å². The lowest BCUT2D eigenvalue weighted by atomic mass is 9.95. The van der Waals surface area contributed by atoms with Gasteiger partial charge in [-0.1, -0.05) is 0 Å². The Kier molecular flexibility index (Phi) is 4.81. The molecule has 2 aromatic heterocycles. The Balaban J connectivity index is 1.38. The van der Waals surface area contributed by atoms with Crippen molar-refractivity contribution in [2.75, 3.05) is 18.8 Å². The number of oxazole rings is 1. The minimum absolute atomic E-state index is 0.00436. The fourth-order valence-electron chi connectivity index (χ4n) is 3.34. The molecule has 2 N–H and O–H groups in total. The smallest absolute Gasteiger partial charge is 0.228 e. The molecular formula is C21H21FN4O2. The van der Waals surface area contributed by atoms with Crippen LogP contribution in [-0.2, 0) is 17.6 Å². The summed E-state index contributed by atoms with van der Waals surface area (Å²) in [5.41, 5.74) is 8.48. The van der Waals surface area contributed by atoms with Crippen molar-refractivity contribution in [3.05, 3.63) is 65.8 Å². The number of nitrogens with two attached hydrogens (primary N) is 1. The molecule has 1 aromatic carbocycles. The quantitative estimate of drug-likeness (QED) is 0.735. The van der Waals surface area contributed by atoms with Crippen LogP contribution in [0.3, 0.4) is 0 Å². The van der Waals surface area contributed by atoms with E-state index in [9.17, 15) is 9.18 Å². The molecule has 4 rings (SSSR count). The first-order chi connectivity index (χ1) is 13.5. The summed E-state index contributed by atoms with van der Waals surface area (Å²) in [5.74, 6) is 1.56. The van der Waals surface area contributed by atoms with Crippen molar-refractivity contribution in [2.45, 2.75) is 19.8 Å². The fourth-order valence-corrected chi connectivity index (χ4v) is 3.34. The highest BCUT2D eigenvalue weighted by Gasteiger charge is 2.32. The number of pyridine rings is 1. The zero-order valence-electron chi connectivity index (χ0n) is 15.6. The number of halogens is 1. The molecular weight excluding hydrogens is 359 g/mol. The zero-order valence-corrected chi connectivity index (χ0v) is 15.6. The molecule has 3 aromatic rings. The van der Waals surface area contributed by atoms with Crippen LogP contribution >= 0.6 is 0 Å². The van der Waals surface area contributed by atoms with Gasteiger partial charge in [0.05, 0.1) is 29.7 Å². The third kappa shape index (κ3) is 3.88. The number of aryl methyl sites for hydroxylation is 1. The summed E-state index contributed by atoms with van der Waals surface area (Å²) in [4.78, 5) is 23.1. The Morgan fingerprint density at radius 2 is 2.00 bits per heavy atom. The third-order valence-corrected chi connectivity index (χ3v) is 4.91. The minimum Gasteiger partial charge on any atom is -0.446 e. The Bertz CT molecular complexity index is 994. The summed E-state index contributed by atoms with van der Waals surface area (Å²) in [6.07, 6.45) is 2.59. The molecule has 0 saturated carbocycles. The van der Waals surface area contributed by atoms with Gasteiger partial charge in [-0.05, 0) is 43.3 Å². The van der Waals surface area contributed by atoms with Gasteiger partial charge in [0.25, 0.3) is 0 Å². The number of likely N-dealkylation sites (tertiary alicyclic amines) is 1. The Morgan fingerprint density at radius 3 is 2.68 bits per heavy atom. The Morgan fingerprint density at radius 1 is 1.25 bits per heavy atom. The van der Waals surface area contributed by atoms with Crippen molar-refractivity contribution in [3.8, 4) is 11.3 Å². The molecule has 0 spiro atoms. The molecule has 7 heteroatoms. The number of amides is 1. The van der Waals surface area contributed by atoms with Gasteiger partial charge in [-0.2, -0.15) is 0 Å². The van der Waals surface area contributed by atoms with Crippen LogP contribution in [0.25, 0.3) is 11.3 Å². The van der Waals surface area contributed by atoms with Gasteiger partial charge in [-0.15, -0.1) is 0 Å². The van der Waals surface area contributed by atoms with Crippen molar-refractivity contribution in [2.24, 2.45) is 5.92 Å². The summed E-state index contributed by atoms with van der Waals surface area (Å²) in [6, 6.07) is 9.59. The summed E-state index contributed by atoms with van der Waals surface area (Å²) in [7, 11) is 0. The number of nitrogens with zero attached hydrogens (tertiary/aromatic N) is 3. The second kappa shape index (κ2) is 7.42. The zero-order chi connectivity index (χ0) is 19.7. The number of hydrogen-bond donors (Lipinski definition) is 1. The number of carbonyl (C=O) groups excluding carboxylic acids is 1. The van der Waals surface area contributed by atoms with E-state index in [1.807, 2.05) is 6.92 Å². The number of carbonyl (C=O) groups is 1. The van der Waals surface area contributed by atoms with Crippen LogP contribution in [0.1, 0.15) is 17.3 Å². The molecule has 1 amide bonds. The lowest BCUT2D eigenvalue weighted by Gasteiger charge is -2.38. The maximum Gasteiger partial charge on any atom is 0.228 e. The molecule has 1 aliphatic rings. The van der Waals surface area contributed by atoms with Gasteiger partial charge in [0.1, 0.15) is 11.6 Å². The van der Waals surface area contributed by atoms with Crippen molar-refractivity contribution in [1.82, 2.24) is 14.9 Å². The predicted octanol–water partition coefficient (Wildman–Crippen LogP) is 3.01. The molecule has 0 bridgehead atoms. The van der Waals surface area contributed by atoms with Crippen molar-refractivity contribution < 1.29 is 13.6 Å². The van der Waals surface area contributed by atoms with Gasteiger partial charge in [-0.3, -0.25) is 9.78 Å². The van der Waals surface area contributed by atoms with E-state index in [0.29, 0.717) is 42.0 Å². The van der Waals surface area contributed by atoms with E-state index < -0.39 is 0 Å². The highest BCUT2D eigenvalue weighted by atomic mass is 19.1. The van der Waals surface area contributed by atoms with Gasteiger partial charge >= 0.3 is 0 Å². The molecule has 0 unspecified atom stereocenters. The summed E-state index contributed by atoms with van der Waals surface area (Å²) < 4.78 is 18.6. The molecule has 3 heterocycles. The van der Waals surface area contributed by atoms with Crippen LogP contribution < -0.4 is 5.73 Å². The second-order valence-electron chi connectivity index (χ2n) is 7.15. The van der Waals surface area contributed by atoms with E-state index in [1.54, 1.807) is 35.4 Å². The van der Waals surface area contributed by atoms with Crippen LogP contribution in [0.5, 0.6) is 0 Å². The molecule has 28 heavy (non-hydrogen) atoms. The van der Waals surface area contributed by atoms with E-state index >= 15 is 0 Å². The number of nitrogen functional groups attached to an aromatic ring is 1. The molecule has 0 radical (unpaired) electrons. The monoisotopic (exact) mass is 380 g/mol. The lowest BCUT2D eigenvalue weighted by Crippen LogP contribution is -2.51. The highest BCUT2D eigenvalue weighted by Crippen LogP contribution is 2.24. The van der Waals surface area contributed by atoms with Gasteiger partial charge in [0, 0.05) is 31.0 Å². The third-order valence-electron chi connectivity index (χ3n) is 4.91. The van der Waals surface area contributed by atoms with Gasteiger partial charge < -0.3 is 15.1 Å². The minimum atomic E-state index is -0.304. The van der Waals surface area contributed by atoms with E-state index in [2.05, 4.69) is 9.97 Å². The highest BCUT2D eigenvalue weighted by molar-refractivity contribution is 5.81. The first kappa shape index (κ1) is 18.2. The van der Waals surface area contributed by atoms with Crippen molar-refractivity contribution in [3.63, 3.8) is 0 Å². The largest absolute Gasteiger partial charge is 0.446 e. The summed E-state index contributed by atoms with van der Waals surface area (Å²) in [5, 5.41) is 0. The Hall–Kier alpha value is -3.22. The molecule has 1 fully saturated rings. The van der Waals surface area contributed by atoms with Crippen LogP contribution in [0.2, 0.25) is 0 Å². The normalized spacial score (nSPS) is 14.1. The number of benzene rings is 1. The van der Waals surface area contributed by atoms with Gasteiger partial charge in [0.2, 0.25) is 5.91 Å². The second-order valence-corrected chi connectivity index (χ2v) is 7.15. The number of anilines is 1. The first-order valence-electron chi connectivity index (χ1n) is 9.18. The standard InChI is InChI=1S/C21H21FN4O2/c1-13-10-24-20(28-13)8-14-11-26(12-14)21(27)9-19-17(23)6-7-18(25-19)15-2-4-16(22)5-3-15/h2-7,10,14H,8-9,11-12,23H2,1H3. The fraction of sp³-hybridized carbons (Fsp3) is 0.286. The van der Waals surface area contributed by atoms with E-state index in [0.717, 1.165) is 17.7 Å². The van der Waals surface area contributed by atoms with Crippen molar-refractivity contribution >= 4 is 11.6 Å². The van der Waals surface area contributed by atoms with Gasteiger partial charge in [0.15, 0.2) is 5.89 Å². The van der Waals surface area contributed by atoms with E-state index in [4.69, 9.17) is 10.2 Å². The molecule has 0 atom stereocenters. The van der Waals surface area contributed by atoms with Crippen molar-refractivity contribution in [1.29, 1.82) is 0 Å². The average molecular weight is 380 g/mol. The number of aromatic nitrogens is 2. The predicted molar refractivity (Wildman–Crippen MR) is 103 cm³/mol. The molecule has 1 saturated heterocycles. The Labute approximate surface area is 162 Å². The maximum atomic E-state index is 13.1. The van der Waals surface area contributed by atoms with Crippen LogP contribution in [0, 0.1) is 18.7 Å². The average Bonchev–Trinajstić information content (AvgIpc) is 3.05. The van der Waals surface area contributed by atoms with Crippen LogP contribution in [-0.4, -0.2) is 33.9 Å². The molecule has 144 valence electrons. The topological polar surface area (TPSA) is 85.2 Å². The molecule has 6 nitrogen and oxygen atoms in total. The number of rotatable bonds is 5. The van der Waals surface area contributed by atoms with Crippen LogP contribution in [0.4, 0.5) is 10.1 Å². The lowest BCUT2D eigenvalue weighted by molar-refractivity contribution is -0.136. The van der Waals surface area contributed by atoms with E-state index in [1.165, 1.54) is 12.1 Å². The summed E-state index contributed by atoms with van der Waals surface area (Å²) >= 11 is 0. The maximum absolute atomic E-state index is 13.1. The summed E-state index contributed by atoms with van der Waals surface area (Å²) in [6.45, 7) is 3.22. The number of hydrogen-bond acceptors (Lipinski definition) is 5. The SMILES string of the molecule is Cc1cnc(CC2CN(C(=O)Cc3nc(-c4ccc(F)cc4)ccc3N)C2)o1. The van der Waals surface area contributed by atoms with Gasteiger partial charge in [-0.25, -0.2) is 9.37 Å². The molecule has 0 aliphatic carbocycles.